The zero-order valence-electron chi connectivity index (χ0n) is 30.2. The van der Waals surface area contributed by atoms with Gasteiger partial charge in [0.15, 0.2) is 17.5 Å². The molecule has 0 amide bonds. The molecule has 0 saturated heterocycles. The highest BCUT2D eigenvalue weighted by atomic mass is 32.1. The van der Waals surface area contributed by atoms with Gasteiger partial charge in [0.05, 0.1) is 11.0 Å². The first kappa shape index (κ1) is 32.2. The molecular formula is C51H32N4S. The molecule has 0 aliphatic carbocycles. The first-order chi connectivity index (χ1) is 27.8. The summed E-state index contributed by atoms with van der Waals surface area (Å²) in [6.07, 6.45) is 0. The molecule has 0 aliphatic heterocycles. The van der Waals surface area contributed by atoms with Crippen LogP contribution in [0.15, 0.2) is 194 Å². The van der Waals surface area contributed by atoms with Crippen LogP contribution < -0.4 is 0 Å². The number of hydrogen-bond donors (Lipinski definition) is 0. The van der Waals surface area contributed by atoms with E-state index in [2.05, 4.69) is 174 Å². The van der Waals surface area contributed by atoms with Gasteiger partial charge < -0.3 is 4.57 Å². The standard InChI is InChI=1S/C51H32N4S/c1-4-14-33(15-5-1)34-26-28-36(29-27-34)50-52-49(35-16-6-2-7-17-35)53-51(54-50)37-30-31-39-41-22-12-23-42(48(41)55(44(39)32-37)38-18-8-3-9-19-38)40-21-13-25-46-47(40)43-20-10-11-24-45(43)56-46/h1-32H. The monoisotopic (exact) mass is 732 g/mol. The summed E-state index contributed by atoms with van der Waals surface area (Å²) in [6, 6.07) is 68.6. The third kappa shape index (κ3) is 5.40. The van der Waals surface area contributed by atoms with Gasteiger partial charge in [0, 0.05) is 58.9 Å². The lowest BCUT2D eigenvalue weighted by Crippen LogP contribution is -2.00. The van der Waals surface area contributed by atoms with E-state index in [9.17, 15) is 0 Å². The lowest BCUT2D eigenvalue weighted by atomic mass is 9.97. The smallest absolute Gasteiger partial charge is 0.164 e. The number of thiophene rings is 1. The molecule has 0 aliphatic rings. The van der Waals surface area contributed by atoms with Crippen LogP contribution in [0.3, 0.4) is 0 Å². The predicted octanol–water partition coefficient (Wildman–Crippen LogP) is 13.7. The van der Waals surface area contributed by atoms with Crippen molar-refractivity contribution in [1.82, 2.24) is 19.5 Å². The Labute approximate surface area is 327 Å². The maximum absolute atomic E-state index is 5.16. The zero-order chi connectivity index (χ0) is 37.0. The van der Waals surface area contributed by atoms with Crippen LogP contribution in [0.5, 0.6) is 0 Å². The topological polar surface area (TPSA) is 43.6 Å². The van der Waals surface area contributed by atoms with Crippen molar-refractivity contribution in [3.8, 4) is 62.1 Å². The van der Waals surface area contributed by atoms with Gasteiger partial charge in [-0.1, -0.05) is 164 Å². The van der Waals surface area contributed by atoms with Gasteiger partial charge in [-0.2, -0.15) is 0 Å². The fourth-order valence-corrected chi connectivity index (χ4v) is 9.19. The summed E-state index contributed by atoms with van der Waals surface area (Å²) >= 11 is 1.85. The Hall–Kier alpha value is -7.21. The van der Waals surface area contributed by atoms with E-state index in [-0.39, 0.29) is 0 Å². The van der Waals surface area contributed by atoms with Crippen LogP contribution in [0, 0.1) is 0 Å². The molecule has 0 N–H and O–H groups in total. The van der Waals surface area contributed by atoms with Crippen molar-refractivity contribution in [2.24, 2.45) is 0 Å². The fourth-order valence-electron chi connectivity index (χ4n) is 8.06. The van der Waals surface area contributed by atoms with Crippen LogP contribution in [0.4, 0.5) is 0 Å². The van der Waals surface area contributed by atoms with Gasteiger partial charge in [0.1, 0.15) is 0 Å². The van der Waals surface area contributed by atoms with E-state index >= 15 is 0 Å². The van der Waals surface area contributed by atoms with E-state index in [0.717, 1.165) is 33.5 Å². The quantitative estimate of drug-likeness (QED) is 0.171. The summed E-state index contributed by atoms with van der Waals surface area (Å²) in [7, 11) is 0. The van der Waals surface area contributed by atoms with Crippen molar-refractivity contribution in [3.63, 3.8) is 0 Å². The Bertz CT molecular complexity index is 3220. The second-order valence-corrected chi connectivity index (χ2v) is 15.1. The molecule has 56 heavy (non-hydrogen) atoms. The van der Waals surface area contributed by atoms with Gasteiger partial charge in [-0.15, -0.1) is 11.3 Å². The van der Waals surface area contributed by atoms with E-state index < -0.39 is 0 Å². The van der Waals surface area contributed by atoms with Crippen molar-refractivity contribution >= 4 is 53.3 Å². The van der Waals surface area contributed by atoms with Crippen molar-refractivity contribution in [1.29, 1.82) is 0 Å². The lowest BCUT2D eigenvalue weighted by Gasteiger charge is -2.13. The van der Waals surface area contributed by atoms with Gasteiger partial charge >= 0.3 is 0 Å². The van der Waals surface area contributed by atoms with Crippen LogP contribution in [-0.4, -0.2) is 19.5 Å². The van der Waals surface area contributed by atoms with E-state index in [1.54, 1.807) is 0 Å². The minimum absolute atomic E-state index is 0.627. The molecule has 11 rings (SSSR count). The number of aromatic nitrogens is 4. The maximum Gasteiger partial charge on any atom is 0.164 e. The predicted molar refractivity (Wildman–Crippen MR) is 234 cm³/mol. The first-order valence-corrected chi connectivity index (χ1v) is 19.6. The van der Waals surface area contributed by atoms with E-state index in [1.807, 2.05) is 35.6 Å². The highest BCUT2D eigenvalue weighted by Gasteiger charge is 2.21. The average molecular weight is 733 g/mol. The lowest BCUT2D eigenvalue weighted by molar-refractivity contribution is 1.07. The molecule has 11 aromatic rings. The van der Waals surface area contributed by atoms with E-state index in [4.69, 9.17) is 15.0 Å². The van der Waals surface area contributed by atoms with Crippen LogP contribution in [0.25, 0.3) is 104 Å². The zero-order valence-corrected chi connectivity index (χ0v) is 31.0. The number of rotatable bonds is 6. The van der Waals surface area contributed by atoms with Crippen LogP contribution in [0.1, 0.15) is 0 Å². The molecule has 8 aromatic carbocycles. The second-order valence-electron chi connectivity index (χ2n) is 14.0. The number of para-hydroxylation sites is 2. The normalized spacial score (nSPS) is 11.6. The van der Waals surface area contributed by atoms with E-state index in [1.165, 1.54) is 53.2 Å². The number of benzene rings is 8. The molecule has 0 unspecified atom stereocenters. The molecule has 0 atom stereocenters. The van der Waals surface area contributed by atoms with Crippen molar-refractivity contribution in [2.75, 3.05) is 0 Å². The van der Waals surface area contributed by atoms with Crippen LogP contribution in [0.2, 0.25) is 0 Å². The maximum atomic E-state index is 5.16. The Morgan fingerprint density at radius 3 is 1.62 bits per heavy atom. The van der Waals surface area contributed by atoms with Gasteiger partial charge in [0.25, 0.3) is 0 Å². The molecule has 5 heteroatoms. The van der Waals surface area contributed by atoms with E-state index in [0.29, 0.717) is 17.5 Å². The van der Waals surface area contributed by atoms with Crippen molar-refractivity contribution < 1.29 is 0 Å². The van der Waals surface area contributed by atoms with Crippen LogP contribution >= 0.6 is 11.3 Å². The molecule has 0 bridgehead atoms. The molecule has 0 fully saturated rings. The largest absolute Gasteiger partial charge is 0.309 e. The third-order valence-corrected chi connectivity index (χ3v) is 11.8. The number of hydrogen-bond acceptors (Lipinski definition) is 4. The average Bonchev–Trinajstić information content (AvgIpc) is 3.83. The Kier molecular flexibility index (Phi) is 7.64. The Morgan fingerprint density at radius 2 is 0.875 bits per heavy atom. The number of nitrogens with zero attached hydrogens (tertiary/aromatic N) is 4. The highest BCUT2D eigenvalue weighted by molar-refractivity contribution is 7.25. The summed E-state index contributed by atoms with van der Waals surface area (Å²) in [5.74, 6) is 1.90. The second kappa shape index (κ2) is 13.3. The minimum Gasteiger partial charge on any atom is -0.309 e. The third-order valence-electron chi connectivity index (χ3n) is 10.7. The van der Waals surface area contributed by atoms with Gasteiger partial charge in [0.2, 0.25) is 0 Å². The molecule has 3 heterocycles. The molecule has 0 saturated carbocycles. The molecule has 262 valence electrons. The number of fused-ring (bicyclic) bond motifs is 6. The summed E-state index contributed by atoms with van der Waals surface area (Å²) < 4.78 is 5.01. The molecule has 4 nitrogen and oxygen atoms in total. The van der Waals surface area contributed by atoms with Gasteiger partial charge in [-0.05, 0) is 47.0 Å². The van der Waals surface area contributed by atoms with Gasteiger partial charge in [-0.3, -0.25) is 0 Å². The first-order valence-electron chi connectivity index (χ1n) is 18.8. The Morgan fingerprint density at radius 1 is 0.357 bits per heavy atom. The van der Waals surface area contributed by atoms with Crippen LogP contribution in [-0.2, 0) is 0 Å². The summed E-state index contributed by atoms with van der Waals surface area (Å²) in [4.78, 5) is 15.3. The minimum atomic E-state index is 0.627. The summed E-state index contributed by atoms with van der Waals surface area (Å²) in [5.41, 5.74) is 10.9. The van der Waals surface area contributed by atoms with Crippen molar-refractivity contribution in [2.45, 2.75) is 0 Å². The van der Waals surface area contributed by atoms with Crippen molar-refractivity contribution in [3.05, 3.63) is 194 Å². The fraction of sp³-hybridized carbons (Fsp3) is 0. The highest BCUT2D eigenvalue weighted by Crippen LogP contribution is 2.44. The summed E-state index contributed by atoms with van der Waals surface area (Å²) in [5, 5.41) is 4.96. The Balaban J connectivity index is 1.14. The summed E-state index contributed by atoms with van der Waals surface area (Å²) in [6.45, 7) is 0. The molecular weight excluding hydrogens is 701 g/mol. The van der Waals surface area contributed by atoms with Gasteiger partial charge in [-0.25, -0.2) is 15.0 Å². The SMILES string of the molecule is c1ccc(-c2ccc(-c3nc(-c4ccccc4)nc(-c4ccc5c6cccc(-c7cccc8sc9ccccc9c78)c6n(-c6ccccc6)c5c4)n3)cc2)cc1. The molecule has 0 radical (unpaired) electrons. The molecule has 3 aromatic heterocycles. The molecule has 0 spiro atoms.